The zero-order valence-electron chi connectivity index (χ0n) is 12.9. The van der Waals surface area contributed by atoms with Crippen molar-refractivity contribution in [1.82, 2.24) is 20.2 Å². The molecule has 1 unspecified atom stereocenters. The fourth-order valence-corrected chi connectivity index (χ4v) is 2.91. The minimum Gasteiger partial charge on any atom is -0.352 e. The Labute approximate surface area is 131 Å². The second-order valence-electron chi connectivity index (χ2n) is 5.56. The fraction of sp³-hybridized carbons (Fsp3) is 0.500. The Bertz CT molecular complexity index is 588. The molecule has 6 heteroatoms. The van der Waals surface area contributed by atoms with Crippen LogP contribution in [-0.2, 0) is 6.54 Å². The number of piperidine rings is 1. The molecule has 1 atom stereocenters. The number of nitrogens with one attached hydrogen (secondary N) is 1. The average molecular weight is 298 g/mol. The molecule has 1 fully saturated rings. The summed E-state index contributed by atoms with van der Waals surface area (Å²) in [4.78, 5) is 11.3. The summed E-state index contributed by atoms with van der Waals surface area (Å²) in [5.41, 5.74) is 0.959. The molecule has 0 saturated carbocycles. The Morgan fingerprint density at radius 2 is 2.27 bits per heavy atom. The summed E-state index contributed by atoms with van der Waals surface area (Å²) in [6, 6.07) is 6.42. The minimum atomic E-state index is 0.559. The smallest absolute Gasteiger partial charge is 0.245 e. The SMILES string of the molecule is CCC1CCCCN1c1cnnc(NCc2ccccn2)n1. The molecule has 116 valence electrons. The molecule has 22 heavy (non-hydrogen) atoms. The van der Waals surface area contributed by atoms with E-state index in [0.29, 0.717) is 18.5 Å². The zero-order chi connectivity index (χ0) is 15.2. The number of hydrogen-bond acceptors (Lipinski definition) is 6. The van der Waals surface area contributed by atoms with Crippen LogP contribution in [0.5, 0.6) is 0 Å². The minimum absolute atomic E-state index is 0.559. The van der Waals surface area contributed by atoms with Crippen molar-refractivity contribution in [2.24, 2.45) is 0 Å². The van der Waals surface area contributed by atoms with E-state index in [9.17, 15) is 0 Å². The van der Waals surface area contributed by atoms with Crippen molar-refractivity contribution in [2.75, 3.05) is 16.8 Å². The van der Waals surface area contributed by atoms with Gasteiger partial charge in [0.1, 0.15) is 0 Å². The highest BCUT2D eigenvalue weighted by molar-refractivity contribution is 5.42. The summed E-state index contributed by atoms with van der Waals surface area (Å²) >= 11 is 0. The molecular formula is C16H22N6. The summed E-state index contributed by atoms with van der Waals surface area (Å²) in [5, 5.41) is 11.4. The molecule has 1 aliphatic rings. The molecule has 3 heterocycles. The molecular weight excluding hydrogens is 276 g/mol. The van der Waals surface area contributed by atoms with Crippen molar-refractivity contribution < 1.29 is 0 Å². The maximum absolute atomic E-state index is 4.62. The number of aromatic nitrogens is 4. The molecule has 0 bridgehead atoms. The first kappa shape index (κ1) is 14.7. The van der Waals surface area contributed by atoms with Gasteiger partial charge in [-0.3, -0.25) is 4.98 Å². The van der Waals surface area contributed by atoms with Gasteiger partial charge in [0.25, 0.3) is 0 Å². The van der Waals surface area contributed by atoms with Crippen molar-refractivity contribution in [3.05, 3.63) is 36.3 Å². The Hall–Kier alpha value is -2.24. The summed E-state index contributed by atoms with van der Waals surface area (Å²) in [7, 11) is 0. The number of pyridine rings is 1. The highest BCUT2D eigenvalue weighted by Gasteiger charge is 2.22. The highest BCUT2D eigenvalue weighted by atomic mass is 15.3. The van der Waals surface area contributed by atoms with E-state index in [1.807, 2.05) is 18.2 Å². The van der Waals surface area contributed by atoms with Gasteiger partial charge in [0.2, 0.25) is 5.95 Å². The lowest BCUT2D eigenvalue weighted by atomic mass is 10.0. The largest absolute Gasteiger partial charge is 0.352 e. The van der Waals surface area contributed by atoms with Crippen LogP contribution in [0.2, 0.25) is 0 Å². The molecule has 1 aliphatic heterocycles. The van der Waals surface area contributed by atoms with E-state index in [4.69, 9.17) is 0 Å². The standard InChI is InChI=1S/C16H22N6/c1-2-14-8-4-6-10-22(14)15-12-19-21-16(20-15)18-11-13-7-3-5-9-17-13/h3,5,7,9,12,14H,2,4,6,8,10-11H2,1H3,(H,18,20,21). The predicted octanol–water partition coefficient (Wildman–Crippen LogP) is 2.65. The van der Waals surface area contributed by atoms with Crippen molar-refractivity contribution in [3.8, 4) is 0 Å². The van der Waals surface area contributed by atoms with Crippen LogP contribution in [0.1, 0.15) is 38.3 Å². The summed E-state index contributed by atoms with van der Waals surface area (Å²) in [5.74, 6) is 1.48. The van der Waals surface area contributed by atoms with E-state index < -0.39 is 0 Å². The average Bonchev–Trinajstić information content (AvgIpc) is 2.61. The van der Waals surface area contributed by atoms with Crippen LogP contribution >= 0.6 is 0 Å². The van der Waals surface area contributed by atoms with Gasteiger partial charge in [0.15, 0.2) is 5.82 Å². The van der Waals surface area contributed by atoms with Gasteiger partial charge in [0, 0.05) is 18.8 Å². The molecule has 3 rings (SSSR count). The first-order valence-corrected chi connectivity index (χ1v) is 7.97. The molecule has 0 spiro atoms. The van der Waals surface area contributed by atoms with Crippen molar-refractivity contribution in [2.45, 2.75) is 45.2 Å². The Balaban J connectivity index is 1.69. The first-order chi connectivity index (χ1) is 10.9. The zero-order valence-corrected chi connectivity index (χ0v) is 12.9. The lowest BCUT2D eigenvalue weighted by Gasteiger charge is -2.35. The Morgan fingerprint density at radius 3 is 3.09 bits per heavy atom. The second kappa shape index (κ2) is 7.15. The molecule has 6 nitrogen and oxygen atoms in total. The van der Waals surface area contributed by atoms with Crippen LogP contribution in [0.25, 0.3) is 0 Å². The topological polar surface area (TPSA) is 66.8 Å². The predicted molar refractivity (Wildman–Crippen MR) is 86.7 cm³/mol. The van der Waals surface area contributed by atoms with Gasteiger partial charge in [-0.2, -0.15) is 10.1 Å². The monoisotopic (exact) mass is 298 g/mol. The fourth-order valence-electron chi connectivity index (χ4n) is 2.91. The molecule has 2 aromatic heterocycles. The van der Waals surface area contributed by atoms with E-state index in [-0.39, 0.29) is 0 Å². The number of nitrogens with zero attached hydrogens (tertiary/aromatic N) is 5. The van der Waals surface area contributed by atoms with Gasteiger partial charge < -0.3 is 10.2 Å². The maximum Gasteiger partial charge on any atom is 0.245 e. The third-order valence-corrected chi connectivity index (χ3v) is 4.09. The van der Waals surface area contributed by atoms with E-state index >= 15 is 0 Å². The van der Waals surface area contributed by atoms with Gasteiger partial charge in [-0.15, -0.1) is 5.10 Å². The number of anilines is 2. The van der Waals surface area contributed by atoms with E-state index in [1.165, 1.54) is 19.3 Å². The quantitative estimate of drug-likeness (QED) is 0.915. The van der Waals surface area contributed by atoms with Crippen molar-refractivity contribution >= 4 is 11.8 Å². The summed E-state index contributed by atoms with van der Waals surface area (Å²) < 4.78 is 0. The van der Waals surface area contributed by atoms with Crippen LogP contribution in [0, 0.1) is 0 Å². The van der Waals surface area contributed by atoms with Gasteiger partial charge in [0.05, 0.1) is 18.4 Å². The summed E-state index contributed by atoms with van der Waals surface area (Å²) in [6.07, 6.45) is 8.44. The normalized spacial score (nSPS) is 18.2. The third-order valence-electron chi connectivity index (χ3n) is 4.09. The molecule has 2 aromatic rings. The van der Waals surface area contributed by atoms with Gasteiger partial charge in [-0.25, -0.2) is 0 Å². The molecule has 1 saturated heterocycles. The molecule has 0 aromatic carbocycles. The first-order valence-electron chi connectivity index (χ1n) is 7.97. The van der Waals surface area contributed by atoms with Crippen LogP contribution < -0.4 is 10.2 Å². The van der Waals surface area contributed by atoms with Crippen molar-refractivity contribution in [1.29, 1.82) is 0 Å². The van der Waals surface area contributed by atoms with Crippen molar-refractivity contribution in [3.63, 3.8) is 0 Å². The van der Waals surface area contributed by atoms with E-state index in [2.05, 4.69) is 37.3 Å². The van der Waals surface area contributed by atoms with E-state index in [1.54, 1.807) is 12.4 Å². The highest BCUT2D eigenvalue weighted by Crippen LogP contribution is 2.24. The Morgan fingerprint density at radius 1 is 1.32 bits per heavy atom. The van der Waals surface area contributed by atoms with Gasteiger partial charge in [-0.05, 0) is 37.8 Å². The molecule has 0 radical (unpaired) electrons. The molecule has 0 aliphatic carbocycles. The molecule has 1 N–H and O–H groups in total. The Kier molecular flexibility index (Phi) is 4.78. The van der Waals surface area contributed by atoms with Crippen LogP contribution in [0.15, 0.2) is 30.6 Å². The van der Waals surface area contributed by atoms with Crippen LogP contribution in [0.3, 0.4) is 0 Å². The third kappa shape index (κ3) is 3.50. The lowest BCUT2D eigenvalue weighted by Crippen LogP contribution is -2.39. The van der Waals surface area contributed by atoms with E-state index in [0.717, 1.165) is 24.5 Å². The second-order valence-corrected chi connectivity index (χ2v) is 5.56. The van der Waals surface area contributed by atoms with Crippen LogP contribution in [-0.4, -0.2) is 32.8 Å². The number of rotatable bonds is 5. The lowest BCUT2D eigenvalue weighted by molar-refractivity contribution is 0.446. The van der Waals surface area contributed by atoms with Gasteiger partial charge >= 0.3 is 0 Å². The van der Waals surface area contributed by atoms with Crippen LogP contribution in [0.4, 0.5) is 11.8 Å². The van der Waals surface area contributed by atoms with Gasteiger partial charge in [-0.1, -0.05) is 13.0 Å². The number of hydrogen-bond donors (Lipinski definition) is 1. The summed E-state index contributed by atoms with van der Waals surface area (Å²) in [6.45, 7) is 3.89. The molecule has 0 amide bonds. The maximum atomic E-state index is 4.62.